The molecular weight excluding hydrogens is 242 g/mol. The molecule has 3 atom stereocenters. The van der Waals surface area contributed by atoms with Crippen LogP contribution in [0.25, 0.3) is 0 Å². The van der Waals surface area contributed by atoms with Crippen LogP contribution in [-0.4, -0.2) is 34.5 Å². The van der Waals surface area contributed by atoms with Gasteiger partial charge in [-0.15, -0.1) is 0 Å². The van der Waals surface area contributed by atoms with Crippen LogP contribution < -0.4 is 0 Å². The number of carbonyl (C=O) groups is 2. The molecule has 2 aliphatic rings. The molecule has 1 saturated heterocycles. The minimum Gasteiger partial charge on any atom is -0.481 e. The third kappa shape index (κ3) is 3.10. The van der Waals surface area contributed by atoms with Gasteiger partial charge in [-0.1, -0.05) is 32.6 Å². The summed E-state index contributed by atoms with van der Waals surface area (Å²) in [5, 5.41) is 9.32. The minimum absolute atomic E-state index is 0.0530. The summed E-state index contributed by atoms with van der Waals surface area (Å²) in [6, 6.07) is -0.171. The van der Waals surface area contributed by atoms with Crippen LogP contribution in [0.2, 0.25) is 0 Å². The Morgan fingerprint density at radius 1 is 1.32 bits per heavy atom. The quantitative estimate of drug-likeness (QED) is 0.851. The number of carboxylic acids is 1. The Bertz CT molecular complexity index is 349. The zero-order valence-corrected chi connectivity index (χ0v) is 12.0. The van der Waals surface area contributed by atoms with Crippen molar-refractivity contribution in [1.29, 1.82) is 0 Å². The van der Waals surface area contributed by atoms with Crippen LogP contribution >= 0.6 is 0 Å². The second kappa shape index (κ2) is 5.93. The molecule has 0 aromatic carbocycles. The second-order valence-electron chi connectivity index (χ2n) is 6.31. The molecular formula is C15H25NO3. The predicted octanol–water partition coefficient (Wildman–Crippen LogP) is 2.52. The van der Waals surface area contributed by atoms with E-state index in [1.165, 1.54) is 25.7 Å². The van der Waals surface area contributed by atoms with E-state index in [0.29, 0.717) is 6.42 Å². The molecule has 1 saturated carbocycles. The van der Waals surface area contributed by atoms with Crippen LogP contribution in [0.5, 0.6) is 0 Å². The van der Waals surface area contributed by atoms with Crippen LogP contribution in [0.1, 0.15) is 52.4 Å². The van der Waals surface area contributed by atoms with Crippen molar-refractivity contribution in [3.05, 3.63) is 0 Å². The summed E-state index contributed by atoms with van der Waals surface area (Å²) in [7, 11) is 0. The highest BCUT2D eigenvalue weighted by Crippen LogP contribution is 2.32. The summed E-state index contributed by atoms with van der Waals surface area (Å²) in [4.78, 5) is 25.3. The molecule has 4 nitrogen and oxygen atoms in total. The zero-order chi connectivity index (χ0) is 14.0. The number of likely N-dealkylation sites (tertiary alicyclic amines) is 1. The normalized spacial score (nSPS) is 32.8. The van der Waals surface area contributed by atoms with Crippen LogP contribution in [0.4, 0.5) is 0 Å². The van der Waals surface area contributed by atoms with Crippen LogP contribution in [0.3, 0.4) is 0 Å². The fourth-order valence-electron chi connectivity index (χ4n) is 3.81. The number of hydrogen-bond acceptors (Lipinski definition) is 2. The third-order valence-electron chi connectivity index (χ3n) is 4.98. The Kier molecular flexibility index (Phi) is 4.48. The van der Waals surface area contributed by atoms with Crippen molar-refractivity contribution in [2.75, 3.05) is 6.54 Å². The van der Waals surface area contributed by atoms with E-state index in [2.05, 4.69) is 0 Å². The Hall–Kier alpha value is -1.06. The number of aliphatic carboxylic acids is 1. The van der Waals surface area contributed by atoms with E-state index in [1.807, 2.05) is 18.7 Å². The standard InChI is InChI=1S/C15H25NO3/c1-10-9-13(17)16(11(2)14(10)15(18)19)8-7-12-5-3-4-6-12/h10-12,14H,3-9H2,1-2H3,(H,18,19). The van der Waals surface area contributed by atoms with E-state index in [0.717, 1.165) is 18.9 Å². The lowest BCUT2D eigenvalue weighted by atomic mass is 9.81. The number of carbonyl (C=O) groups excluding carboxylic acids is 1. The molecule has 0 bridgehead atoms. The molecule has 1 aliphatic heterocycles. The van der Waals surface area contributed by atoms with Gasteiger partial charge in [0.1, 0.15) is 0 Å². The molecule has 3 unspecified atom stereocenters. The molecule has 2 fully saturated rings. The number of amides is 1. The Morgan fingerprint density at radius 2 is 1.95 bits per heavy atom. The van der Waals surface area contributed by atoms with Crippen molar-refractivity contribution in [3.8, 4) is 0 Å². The van der Waals surface area contributed by atoms with Gasteiger partial charge >= 0.3 is 5.97 Å². The van der Waals surface area contributed by atoms with Crippen molar-refractivity contribution in [2.45, 2.75) is 58.4 Å². The molecule has 1 N–H and O–H groups in total. The summed E-state index contributed by atoms with van der Waals surface area (Å²) < 4.78 is 0. The monoisotopic (exact) mass is 267 g/mol. The second-order valence-corrected chi connectivity index (χ2v) is 6.31. The zero-order valence-electron chi connectivity index (χ0n) is 12.0. The van der Waals surface area contributed by atoms with Gasteiger partial charge in [-0.05, 0) is 25.2 Å². The lowest BCUT2D eigenvalue weighted by Gasteiger charge is -2.41. The van der Waals surface area contributed by atoms with Crippen molar-refractivity contribution in [2.24, 2.45) is 17.8 Å². The molecule has 1 amide bonds. The number of nitrogens with zero attached hydrogens (tertiary/aromatic N) is 1. The number of piperidine rings is 1. The summed E-state index contributed by atoms with van der Waals surface area (Å²) in [5.41, 5.74) is 0. The first-order chi connectivity index (χ1) is 9.00. The van der Waals surface area contributed by atoms with Gasteiger partial charge in [-0.25, -0.2) is 0 Å². The molecule has 0 aromatic heterocycles. The number of rotatable bonds is 4. The van der Waals surface area contributed by atoms with Gasteiger partial charge in [-0.3, -0.25) is 9.59 Å². The predicted molar refractivity (Wildman–Crippen MR) is 72.7 cm³/mol. The van der Waals surface area contributed by atoms with Crippen LogP contribution in [0.15, 0.2) is 0 Å². The molecule has 108 valence electrons. The van der Waals surface area contributed by atoms with Gasteiger partial charge in [0.25, 0.3) is 0 Å². The Balaban J connectivity index is 1.97. The number of carboxylic acid groups (broad SMARTS) is 1. The van der Waals surface area contributed by atoms with Crippen LogP contribution in [-0.2, 0) is 9.59 Å². The highest BCUT2D eigenvalue weighted by atomic mass is 16.4. The van der Waals surface area contributed by atoms with Crippen molar-refractivity contribution < 1.29 is 14.7 Å². The Labute approximate surface area is 115 Å². The third-order valence-corrected chi connectivity index (χ3v) is 4.98. The fourth-order valence-corrected chi connectivity index (χ4v) is 3.81. The summed E-state index contributed by atoms with van der Waals surface area (Å²) in [6.07, 6.45) is 6.58. The van der Waals surface area contributed by atoms with Crippen molar-refractivity contribution in [3.63, 3.8) is 0 Å². The maximum absolute atomic E-state index is 12.1. The largest absolute Gasteiger partial charge is 0.481 e. The summed E-state index contributed by atoms with van der Waals surface area (Å²) in [6.45, 7) is 4.50. The van der Waals surface area contributed by atoms with E-state index in [9.17, 15) is 14.7 Å². The first-order valence-corrected chi connectivity index (χ1v) is 7.53. The first kappa shape index (κ1) is 14.4. The van der Waals surface area contributed by atoms with Crippen LogP contribution in [0, 0.1) is 17.8 Å². The highest BCUT2D eigenvalue weighted by Gasteiger charge is 2.41. The maximum Gasteiger partial charge on any atom is 0.308 e. The van der Waals surface area contributed by atoms with Gasteiger partial charge < -0.3 is 10.0 Å². The van der Waals surface area contributed by atoms with E-state index < -0.39 is 11.9 Å². The summed E-state index contributed by atoms with van der Waals surface area (Å²) >= 11 is 0. The Morgan fingerprint density at radius 3 is 2.53 bits per heavy atom. The molecule has 0 radical (unpaired) electrons. The van der Waals surface area contributed by atoms with E-state index >= 15 is 0 Å². The van der Waals surface area contributed by atoms with Crippen molar-refractivity contribution >= 4 is 11.9 Å². The topological polar surface area (TPSA) is 57.6 Å². The van der Waals surface area contributed by atoms with Gasteiger partial charge in [-0.2, -0.15) is 0 Å². The fraction of sp³-hybridized carbons (Fsp3) is 0.867. The van der Waals surface area contributed by atoms with E-state index in [-0.39, 0.29) is 17.9 Å². The van der Waals surface area contributed by atoms with Gasteiger partial charge in [0.05, 0.1) is 5.92 Å². The molecule has 19 heavy (non-hydrogen) atoms. The lowest BCUT2D eigenvalue weighted by molar-refractivity contribution is -0.154. The van der Waals surface area contributed by atoms with Gasteiger partial charge in [0.15, 0.2) is 0 Å². The average Bonchev–Trinajstić information content (AvgIpc) is 2.80. The van der Waals surface area contributed by atoms with Gasteiger partial charge in [0, 0.05) is 19.0 Å². The first-order valence-electron chi connectivity index (χ1n) is 7.53. The molecule has 0 aromatic rings. The minimum atomic E-state index is -0.765. The van der Waals surface area contributed by atoms with Crippen molar-refractivity contribution in [1.82, 2.24) is 4.90 Å². The number of hydrogen-bond donors (Lipinski definition) is 1. The van der Waals surface area contributed by atoms with E-state index in [4.69, 9.17) is 0 Å². The molecule has 1 aliphatic carbocycles. The molecule has 4 heteroatoms. The molecule has 2 rings (SSSR count). The SMILES string of the molecule is CC1CC(=O)N(CCC2CCCC2)C(C)C1C(=O)O. The maximum atomic E-state index is 12.1. The lowest BCUT2D eigenvalue weighted by Crippen LogP contribution is -2.53. The average molecular weight is 267 g/mol. The smallest absolute Gasteiger partial charge is 0.308 e. The van der Waals surface area contributed by atoms with E-state index in [1.54, 1.807) is 0 Å². The van der Waals surface area contributed by atoms with Gasteiger partial charge in [0.2, 0.25) is 5.91 Å². The summed E-state index contributed by atoms with van der Waals surface area (Å²) in [5.74, 6) is -0.361. The highest BCUT2D eigenvalue weighted by molar-refractivity contribution is 5.81. The molecule has 1 heterocycles. The molecule has 0 spiro atoms.